The molecule has 6 nitrogen and oxygen atoms in total. The quantitative estimate of drug-likeness (QED) is 0.365. The van der Waals surface area contributed by atoms with Crippen molar-refractivity contribution in [2.75, 3.05) is 30.5 Å². The first kappa shape index (κ1) is 15.0. The van der Waals surface area contributed by atoms with Crippen LogP contribution in [0.1, 0.15) is 44.6 Å². The second-order valence-electron chi connectivity index (χ2n) is 5.58. The maximum absolute atomic E-state index is 5.61. The van der Waals surface area contributed by atoms with Crippen molar-refractivity contribution in [3.05, 3.63) is 11.9 Å². The highest BCUT2D eigenvalue weighted by molar-refractivity contribution is 5.58. The lowest BCUT2D eigenvalue weighted by atomic mass is 10.0. The topological polar surface area (TPSA) is 85.1 Å². The molecule has 1 aromatic heterocycles. The largest absolute Gasteiger partial charge is 0.381 e. The Kier molecular flexibility index (Phi) is 5.55. The van der Waals surface area contributed by atoms with Gasteiger partial charge < -0.3 is 15.5 Å². The SMILES string of the molecule is CC(C)c1c(NN)ncnc1NCCCOCC1CC1. The molecule has 0 amide bonds. The molecule has 0 aromatic carbocycles. The average molecular weight is 279 g/mol. The fraction of sp³-hybridized carbons (Fsp3) is 0.714. The van der Waals surface area contributed by atoms with Gasteiger partial charge in [-0.3, -0.25) is 0 Å². The number of nitrogens with two attached hydrogens (primary N) is 1. The minimum absolute atomic E-state index is 0.302. The van der Waals surface area contributed by atoms with Crippen molar-refractivity contribution in [1.29, 1.82) is 0 Å². The number of nitrogen functional groups attached to an aromatic ring is 1. The molecule has 4 N–H and O–H groups in total. The van der Waals surface area contributed by atoms with E-state index in [4.69, 9.17) is 10.6 Å². The van der Waals surface area contributed by atoms with Crippen molar-refractivity contribution >= 4 is 11.6 Å². The minimum Gasteiger partial charge on any atom is -0.381 e. The lowest BCUT2D eigenvalue weighted by Gasteiger charge is -2.16. The molecule has 0 aliphatic heterocycles. The maximum atomic E-state index is 5.61. The molecule has 1 aliphatic carbocycles. The normalized spacial score (nSPS) is 14.6. The first-order valence-electron chi connectivity index (χ1n) is 7.35. The molecule has 112 valence electrons. The van der Waals surface area contributed by atoms with Crippen LogP contribution in [-0.4, -0.2) is 29.7 Å². The van der Waals surface area contributed by atoms with Gasteiger partial charge in [-0.15, -0.1) is 0 Å². The molecular weight excluding hydrogens is 254 g/mol. The zero-order valence-corrected chi connectivity index (χ0v) is 12.4. The fourth-order valence-corrected chi connectivity index (χ4v) is 2.11. The Morgan fingerprint density at radius 1 is 1.35 bits per heavy atom. The molecule has 0 radical (unpaired) electrons. The molecule has 0 bridgehead atoms. The summed E-state index contributed by atoms with van der Waals surface area (Å²) in [5, 5.41) is 3.35. The second kappa shape index (κ2) is 7.40. The van der Waals surface area contributed by atoms with Crippen LogP contribution < -0.4 is 16.6 Å². The third-order valence-corrected chi connectivity index (χ3v) is 3.41. The first-order valence-corrected chi connectivity index (χ1v) is 7.35. The van der Waals surface area contributed by atoms with Gasteiger partial charge in [0.15, 0.2) is 0 Å². The third kappa shape index (κ3) is 4.31. The fourth-order valence-electron chi connectivity index (χ4n) is 2.11. The van der Waals surface area contributed by atoms with E-state index in [9.17, 15) is 0 Å². The summed E-state index contributed by atoms with van der Waals surface area (Å²) in [6.45, 7) is 6.76. The highest BCUT2D eigenvalue weighted by Crippen LogP contribution is 2.29. The van der Waals surface area contributed by atoms with Crippen LogP contribution in [0.3, 0.4) is 0 Å². The second-order valence-corrected chi connectivity index (χ2v) is 5.58. The van der Waals surface area contributed by atoms with Gasteiger partial charge in [0.2, 0.25) is 0 Å². The van der Waals surface area contributed by atoms with E-state index in [1.165, 1.54) is 19.2 Å². The van der Waals surface area contributed by atoms with E-state index < -0.39 is 0 Å². The summed E-state index contributed by atoms with van der Waals surface area (Å²) in [5.74, 6) is 8.16. The molecule has 6 heteroatoms. The number of hydrazine groups is 1. The van der Waals surface area contributed by atoms with Crippen LogP contribution >= 0.6 is 0 Å². The Morgan fingerprint density at radius 2 is 2.10 bits per heavy atom. The molecule has 1 saturated carbocycles. The molecule has 0 saturated heterocycles. The number of hydrogen-bond acceptors (Lipinski definition) is 6. The first-order chi connectivity index (χ1) is 9.72. The lowest BCUT2D eigenvalue weighted by molar-refractivity contribution is 0.124. The van der Waals surface area contributed by atoms with Crippen molar-refractivity contribution < 1.29 is 4.74 Å². The van der Waals surface area contributed by atoms with Gasteiger partial charge >= 0.3 is 0 Å². The number of aromatic nitrogens is 2. The number of ether oxygens (including phenoxy) is 1. The Balaban J connectivity index is 1.78. The van der Waals surface area contributed by atoms with Crippen molar-refractivity contribution in [1.82, 2.24) is 9.97 Å². The number of anilines is 2. The summed E-state index contributed by atoms with van der Waals surface area (Å²) in [5.41, 5.74) is 3.65. The monoisotopic (exact) mass is 279 g/mol. The van der Waals surface area contributed by atoms with Gasteiger partial charge in [-0.25, -0.2) is 15.8 Å². The van der Waals surface area contributed by atoms with Gasteiger partial charge in [-0.2, -0.15) is 0 Å². The standard InChI is InChI=1S/C14H25N5O/c1-10(2)12-13(17-9-18-14(12)19-15)16-6-3-7-20-8-11-4-5-11/h9-11H,3-8,15H2,1-2H3,(H2,16,17,18,19). The summed E-state index contributed by atoms with van der Waals surface area (Å²) in [6, 6.07) is 0. The van der Waals surface area contributed by atoms with E-state index in [2.05, 4.69) is 34.6 Å². The van der Waals surface area contributed by atoms with Gasteiger partial charge in [0.1, 0.15) is 18.0 Å². The average Bonchev–Trinajstić information content (AvgIpc) is 3.26. The van der Waals surface area contributed by atoms with E-state index in [1.807, 2.05) is 0 Å². The van der Waals surface area contributed by atoms with Gasteiger partial charge in [-0.1, -0.05) is 13.8 Å². The smallest absolute Gasteiger partial charge is 0.148 e. The lowest BCUT2D eigenvalue weighted by Crippen LogP contribution is -2.16. The molecule has 20 heavy (non-hydrogen) atoms. The third-order valence-electron chi connectivity index (χ3n) is 3.41. The number of nitrogens with zero attached hydrogens (tertiary/aromatic N) is 2. The van der Waals surface area contributed by atoms with Gasteiger partial charge in [-0.05, 0) is 31.1 Å². The number of nitrogens with one attached hydrogen (secondary N) is 2. The molecule has 0 unspecified atom stereocenters. The summed E-state index contributed by atoms with van der Waals surface area (Å²) in [4.78, 5) is 8.46. The van der Waals surface area contributed by atoms with E-state index in [0.29, 0.717) is 11.7 Å². The van der Waals surface area contributed by atoms with Crippen LogP contribution in [0.15, 0.2) is 6.33 Å². The van der Waals surface area contributed by atoms with Gasteiger partial charge in [0.05, 0.1) is 0 Å². The minimum atomic E-state index is 0.302. The highest BCUT2D eigenvalue weighted by Gasteiger charge is 2.20. The molecule has 1 aromatic rings. The molecule has 1 aliphatic rings. The summed E-state index contributed by atoms with van der Waals surface area (Å²) < 4.78 is 5.61. The summed E-state index contributed by atoms with van der Waals surface area (Å²) in [7, 11) is 0. The molecule has 1 heterocycles. The zero-order valence-electron chi connectivity index (χ0n) is 12.4. The van der Waals surface area contributed by atoms with Crippen LogP contribution in [0, 0.1) is 5.92 Å². The maximum Gasteiger partial charge on any atom is 0.148 e. The molecule has 0 spiro atoms. The van der Waals surface area contributed by atoms with Crippen LogP contribution in [0.25, 0.3) is 0 Å². The Bertz CT molecular complexity index is 420. The predicted octanol–water partition coefficient (Wildman–Crippen LogP) is 2.11. The van der Waals surface area contributed by atoms with Crippen molar-refractivity contribution in [2.24, 2.45) is 11.8 Å². The number of rotatable bonds is 9. The number of hydrogen-bond donors (Lipinski definition) is 3. The molecule has 1 fully saturated rings. The van der Waals surface area contributed by atoms with Crippen LogP contribution in [0.5, 0.6) is 0 Å². The van der Waals surface area contributed by atoms with Gasteiger partial charge in [0, 0.05) is 25.3 Å². The van der Waals surface area contributed by atoms with Crippen molar-refractivity contribution in [3.63, 3.8) is 0 Å². The Labute approximate surface area is 120 Å². The zero-order chi connectivity index (χ0) is 14.4. The van der Waals surface area contributed by atoms with E-state index in [1.54, 1.807) is 0 Å². The summed E-state index contributed by atoms with van der Waals surface area (Å²) in [6.07, 6.45) is 5.17. The molecule has 0 atom stereocenters. The predicted molar refractivity (Wildman–Crippen MR) is 80.6 cm³/mol. The summed E-state index contributed by atoms with van der Waals surface area (Å²) >= 11 is 0. The Morgan fingerprint density at radius 3 is 2.75 bits per heavy atom. The van der Waals surface area contributed by atoms with Crippen LogP contribution in [0.4, 0.5) is 11.6 Å². The van der Waals surface area contributed by atoms with Crippen molar-refractivity contribution in [3.8, 4) is 0 Å². The van der Waals surface area contributed by atoms with Crippen LogP contribution in [-0.2, 0) is 4.74 Å². The van der Waals surface area contributed by atoms with E-state index >= 15 is 0 Å². The highest BCUT2D eigenvalue weighted by atomic mass is 16.5. The molecular formula is C14H25N5O. The van der Waals surface area contributed by atoms with Crippen LogP contribution in [0.2, 0.25) is 0 Å². The van der Waals surface area contributed by atoms with Gasteiger partial charge in [0.25, 0.3) is 0 Å². The van der Waals surface area contributed by atoms with E-state index in [0.717, 1.165) is 43.5 Å². The van der Waals surface area contributed by atoms with E-state index in [-0.39, 0.29) is 0 Å². The Hall–Kier alpha value is -1.40. The molecule has 2 rings (SSSR count). The van der Waals surface area contributed by atoms with Crippen molar-refractivity contribution in [2.45, 2.75) is 39.0 Å².